The molecular formula is C12H16ClNO3S2. The molecule has 0 aliphatic rings. The molecule has 1 atom stereocenters. The summed E-state index contributed by atoms with van der Waals surface area (Å²) >= 11 is 8.74. The molecule has 0 fully saturated rings. The van der Waals surface area contributed by atoms with E-state index in [1.807, 2.05) is 19.1 Å². The SMILES string of the molecule is CCCC(NC(=O)CSCc1ccc(Cl)s1)C(=O)O. The van der Waals surface area contributed by atoms with Crippen LogP contribution in [0.5, 0.6) is 0 Å². The molecule has 4 nitrogen and oxygen atoms in total. The molecule has 0 spiro atoms. The number of amides is 1. The van der Waals surface area contributed by atoms with Crippen molar-refractivity contribution in [2.45, 2.75) is 31.6 Å². The van der Waals surface area contributed by atoms with Crippen LogP contribution in [0.25, 0.3) is 0 Å². The third-order valence-electron chi connectivity index (χ3n) is 2.32. The maximum absolute atomic E-state index is 11.6. The van der Waals surface area contributed by atoms with E-state index in [9.17, 15) is 9.59 Å². The van der Waals surface area contributed by atoms with Gasteiger partial charge < -0.3 is 10.4 Å². The third-order valence-corrected chi connectivity index (χ3v) is 4.71. The summed E-state index contributed by atoms with van der Waals surface area (Å²) < 4.78 is 0.730. The van der Waals surface area contributed by atoms with Gasteiger partial charge in [-0.1, -0.05) is 24.9 Å². The Labute approximate surface area is 125 Å². The smallest absolute Gasteiger partial charge is 0.326 e. The molecule has 106 valence electrons. The first-order chi connectivity index (χ1) is 9.02. The highest BCUT2D eigenvalue weighted by atomic mass is 35.5. The molecule has 19 heavy (non-hydrogen) atoms. The van der Waals surface area contributed by atoms with Gasteiger partial charge in [-0.25, -0.2) is 4.79 Å². The van der Waals surface area contributed by atoms with Crippen molar-refractivity contribution in [2.24, 2.45) is 0 Å². The number of aliphatic carboxylic acids is 1. The summed E-state index contributed by atoms with van der Waals surface area (Å²) in [6.07, 6.45) is 1.17. The number of hydrogen-bond donors (Lipinski definition) is 2. The van der Waals surface area contributed by atoms with Gasteiger partial charge >= 0.3 is 5.97 Å². The Balaban J connectivity index is 2.28. The normalized spacial score (nSPS) is 12.1. The van der Waals surface area contributed by atoms with Crippen molar-refractivity contribution in [3.63, 3.8) is 0 Å². The van der Waals surface area contributed by atoms with Gasteiger partial charge in [0.1, 0.15) is 6.04 Å². The minimum absolute atomic E-state index is 0.242. The highest BCUT2D eigenvalue weighted by Crippen LogP contribution is 2.24. The second-order valence-electron chi connectivity index (χ2n) is 3.95. The van der Waals surface area contributed by atoms with Gasteiger partial charge in [-0.2, -0.15) is 0 Å². The van der Waals surface area contributed by atoms with Crippen LogP contribution in [-0.4, -0.2) is 28.8 Å². The van der Waals surface area contributed by atoms with E-state index in [1.165, 1.54) is 23.1 Å². The summed E-state index contributed by atoms with van der Waals surface area (Å²) in [4.78, 5) is 23.6. The van der Waals surface area contributed by atoms with E-state index in [0.29, 0.717) is 12.2 Å². The maximum Gasteiger partial charge on any atom is 0.326 e. The molecule has 1 unspecified atom stereocenters. The van der Waals surface area contributed by atoms with Crippen molar-refractivity contribution in [2.75, 3.05) is 5.75 Å². The van der Waals surface area contributed by atoms with E-state index >= 15 is 0 Å². The van der Waals surface area contributed by atoms with Crippen molar-refractivity contribution < 1.29 is 14.7 Å². The molecule has 0 saturated carbocycles. The van der Waals surface area contributed by atoms with Gasteiger partial charge in [0.2, 0.25) is 5.91 Å². The molecule has 1 aromatic heterocycles. The lowest BCUT2D eigenvalue weighted by molar-refractivity contribution is -0.141. The zero-order valence-corrected chi connectivity index (χ0v) is 12.9. The number of hydrogen-bond acceptors (Lipinski definition) is 4. The number of thioether (sulfide) groups is 1. The summed E-state index contributed by atoms with van der Waals surface area (Å²) in [6, 6.07) is 2.97. The number of rotatable bonds is 8. The summed E-state index contributed by atoms with van der Waals surface area (Å²) in [6.45, 7) is 1.89. The average Bonchev–Trinajstić information content (AvgIpc) is 2.74. The van der Waals surface area contributed by atoms with Gasteiger partial charge in [0.05, 0.1) is 10.1 Å². The monoisotopic (exact) mass is 321 g/mol. The van der Waals surface area contributed by atoms with E-state index < -0.39 is 12.0 Å². The van der Waals surface area contributed by atoms with Crippen molar-refractivity contribution in [1.29, 1.82) is 0 Å². The lowest BCUT2D eigenvalue weighted by atomic mass is 10.2. The van der Waals surface area contributed by atoms with Crippen LogP contribution in [0.15, 0.2) is 12.1 Å². The summed E-state index contributed by atoms with van der Waals surface area (Å²) in [5, 5.41) is 11.5. The Kier molecular flexibility index (Phi) is 7.27. The molecule has 0 aliphatic heterocycles. The fourth-order valence-electron chi connectivity index (χ4n) is 1.46. The molecule has 0 aliphatic carbocycles. The summed E-state index contributed by atoms with van der Waals surface area (Å²) in [5.74, 6) is -0.266. The van der Waals surface area contributed by atoms with E-state index in [2.05, 4.69) is 5.32 Å². The van der Waals surface area contributed by atoms with Crippen LogP contribution in [0, 0.1) is 0 Å². The first-order valence-electron chi connectivity index (χ1n) is 5.87. The van der Waals surface area contributed by atoms with Crippen LogP contribution in [0.2, 0.25) is 4.34 Å². The number of carboxylic acids is 1. The largest absolute Gasteiger partial charge is 0.480 e. The first-order valence-corrected chi connectivity index (χ1v) is 8.22. The van der Waals surface area contributed by atoms with Crippen LogP contribution in [-0.2, 0) is 15.3 Å². The molecule has 0 aromatic carbocycles. The number of carboxylic acid groups (broad SMARTS) is 1. The second kappa shape index (κ2) is 8.45. The number of carbonyl (C=O) groups excluding carboxylic acids is 1. The molecule has 1 aromatic rings. The molecule has 0 saturated heterocycles. The Bertz CT molecular complexity index is 436. The molecule has 2 N–H and O–H groups in total. The highest BCUT2D eigenvalue weighted by molar-refractivity contribution is 7.99. The highest BCUT2D eigenvalue weighted by Gasteiger charge is 2.18. The van der Waals surface area contributed by atoms with E-state index in [4.69, 9.17) is 16.7 Å². The van der Waals surface area contributed by atoms with Crippen LogP contribution < -0.4 is 5.32 Å². The fraction of sp³-hybridized carbons (Fsp3) is 0.500. The minimum Gasteiger partial charge on any atom is -0.480 e. The van der Waals surface area contributed by atoms with Gasteiger partial charge in [0.25, 0.3) is 0 Å². The number of halogens is 1. The summed E-state index contributed by atoms with van der Waals surface area (Å²) in [5.41, 5.74) is 0. The lowest BCUT2D eigenvalue weighted by Crippen LogP contribution is -2.41. The number of nitrogens with one attached hydrogen (secondary N) is 1. The van der Waals surface area contributed by atoms with Gasteiger partial charge in [-0.05, 0) is 18.6 Å². The molecular weight excluding hydrogens is 306 g/mol. The van der Waals surface area contributed by atoms with Crippen LogP contribution in [0.3, 0.4) is 0 Å². The molecule has 1 heterocycles. The number of carbonyl (C=O) groups is 2. The zero-order valence-electron chi connectivity index (χ0n) is 10.5. The van der Waals surface area contributed by atoms with Gasteiger partial charge in [-0.3, -0.25) is 4.79 Å². The van der Waals surface area contributed by atoms with Gasteiger partial charge in [-0.15, -0.1) is 23.1 Å². The van der Waals surface area contributed by atoms with Crippen molar-refractivity contribution >= 4 is 46.6 Å². The van der Waals surface area contributed by atoms with E-state index in [1.54, 1.807) is 0 Å². The zero-order chi connectivity index (χ0) is 14.3. The maximum atomic E-state index is 11.6. The molecule has 7 heteroatoms. The lowest BCUT2D eigenvalue weighted by Gasteiger charge is -2.13. The predicted octanol–water partition coefficient (Wildman–Crippen LogP) is 3.00. The Morgan fingerprint density at radius 2 is 2.26 bits per heavy atom. The van der Waals surface area contributed by atoms with E-state index in [0.717, 1.165) is 15.6 Å². The van der Waals surface area contributed by atoms with Crippen LogP contribution >= 0.6 is 34.7 Å². The second-order valence-corrected chi connectivity index (χ2v) is 6.73. The fourth-order valence-corrected chi connectivity index (χ4v) is 3.49. The minimum atomic E-state index is -0.981. The first kappa shape index (κ1) is 16.3. The van der Waals surface area contributed by atoms with Crippen molar-refractivity contribution in [3.8, 4) is 0 Å². The van der Waals surface area contributed by atoms with Crippen molar-refractivity contribution in [1.82, 2.24) is 5.32 Å². The number of thiophene rings is 1. The van der Waals surface area contributed by atoms with Gasteiger partial charge in [0.15, 0.2) is 0 Å². The molecule has 0 radical (unpaired) electrons. The van der Waals surface area contributed by atoms with Crippen LogP contribution in [0.4, 0.5) is 0 Å². The Morgan fingerprint density at radius 3 is 2.79 bits per heavy atom. The molecule has 0 bridgehead atoms. The standard InChI is InChI=1S/C12H16ClNO3S2/c1-2-3-9(12(16)17)14-11(15)7-18-6-8-4-5-10(13)19-8/h4-5,9H,2-3,6-7H2,1H3,(H,14,15)(H,16,17). The molecule has 1 amide bonds. The summed E-state index contributed by atoms with van der Waals surface area (Å²) in [7, 11) is 0. The topological polar surface area (TPSA) is 66.4 Å². The Hall–Kier alpha value is -0.720. The predicted molar refractivity (Wildman–Crippen MR) is 80.0 cm³/mol. The third kappa shape index (κ3) is 6.31. The Morgan fingerprint density at radius 1 is 1.53 bits per heavy atom. The van der Waals surface area contributed by atoms with E-state index in [-0.39, 0.29) is 11.7 Å². The quantitative estimate of drug-likeness (QED) is 0.772. The average molecular weight is 322 g/mol. The molecule has 1 rings (SSSR count). The van der Waals surface area contributed by atoms with Crippen molar-refractivity contribution in [3.05, 3.63) is 21.3 Å². The van der Waals surface area contributed by atoms with Crippen LogP contribution in [0.1, 0.15) is 24.6 Å². The van der Waals surface area contributed by atoms with Gasteiger partial charge in [0, 0.05) is 10.6 Å².